The van der Waals surface area contributed by atoms with Gasteiger partial charge in [-0.2, -0.15) is 17.5 Å². The number of alkyl halides is 3. The number of benzene rings is 1. The van der Waals surface area contributed by atoms with Crippen LogP contribution >= 0.6 is 0 Å². The fraction of sp³-hybridized carbons (Fsp3) is 0.286. The number of sulfonamides is 1. The molecule has 0 spiro atoms. The molecule has 0 fully saturated rings. The molecule has 0 radical (unpaired) electrons. The molecule has 1 aromatic heterocycles. The highest BCUT2D eigenvalue weighted by Gasteiger charge is 2.36. The maximum Gasteiger partial charge on any atom is 0.419 e. The molecule has 0 atom stereocenters. The largest absolute Gasteiger partial charge is 0.472 e. The summed E-state index contributed by atoms with van der Waals surface area (Å²) in [6.07, 6.45) is -2.28. The van der Waals surface area contributed by atoms with E-state index in [1.54, 1.807) is 13.0 Å². The molecule has 0 saturated carbocycles. The molecule has 0 aliphatic carbocycles. The van der Waals surface area contributed by atoms with Crippen LogP contribution in [0.25, 0.3) is 0 Å². The van der Waals surface area contributed by atoms with Crippen LogP contribution < -0.4 is 0 Å². The minimum atomic E-state index is -4.97. The van der Waals surface area contributed by atoms with Crippen LogP contribution in [0.4, 0.5) is 17.6 Å². The molecule has 0 aliphatic heterocycles. The van der Waals surface area contributed by atoms with Crippen LogP contribution in [0.2, 0.25) is 0 Å². The van der Waals surface area contributed by atoms with Gasteiger partial charge in [0, 0.05) is 18.7 Å². The minimum absolute atomic E-state index is 0.0340. The van der Waals surface area contributed by atoms with Crippen LogP contribution in [0, 0.1) is 5.82 Å². The van der Waals surface area contributed by atoms with Crippen molar-refractivity contribution in [2.75, 3.05) is 6.54 Å². The van der Waals surface area contributed by atoms with Crippen LogP contribution in [0.15, 0.2) is 46.1 Å². The lowest BCUT2D eigenvalue weighted by Crippen LogP contribution is -2.30. The molecule has 0 saturated heterocycles. The number of halogens is 4. The highest BCUT2D eigenvalue weighted by atomic mass is 32.2. The van der Waals surface area contributed by atoms with E-state index >= 15 is 0 Å². The Labute approximate surface area is 130 Å². The van der Waals surface area contributed by atoms with Gasteiger partial charge in [0.1, 0.15) is 5.82 Å². The molecule has 0 amide bonds. The van der Waals surface area contributed by atoms with Crippen molar-refractivity contribution in [1.82, 2.24) is 4.31 Å². The molecule has 1 aromatic carbocycles. The van der Waals surface area contributed by atoms with E-state index in [0.717, 1.165) is 10.4 Å². The molecule has 0 N–H and O–H groups in total. The van der Waals surface area contributed by atoms with Gasteiger partial charge in [-0.1, -0.05) is 6.92 Å². The summed E-state index contributed by atoms with van der Waals surface area (Å²) in [6.45, 7) is 1.52. The Bertz CT molecular complexity index is 770. The lowest BCUT2D eigenvalue weighted by molar-refractivity contribution is -0.140. The van der Waals surface area contributed by atoms with Gasteiger partial charge in [0.2, 0.25) is 10.0 Å². The standard InChI is InChI=1S/C14H13F4NO3S/c1-2-19(8-10-5-6-22-9-10)23(20,21)11-3-4-13(15)12(7-11)14(16,17)18/h3-7,9H,2,8H2,1H3. The quantitative estimate of drug-likeness (QED) is 0.773. The summed E-state index contributed by atoms with van der Waals surface area (Å²) in [5.41, 5.74) is -1.06. The van der Waals surface area contributed by atoms with Gasteiger partial charge < -0.3 is 4.42 Å². The van der Waals surface area contributed by atoms with Crippen LogP contribution in [-0.2, 0) is 22.7 Å². The van der Waals surface area contributed by atoms with Crippen molar-refractivity contribution in [3.05, 3.63) is 53.7 Å². The van der Waals surface area contributed by atoms with Crippen LogP contribution in [-0.4, -0.2) is 19.3 Å². The number of nitrogens with zero attached hydrogens (tertiary/aromatic N) is 1. The third kappa shape index (κ3) is 3.73. The first-order chi connectivity index (χ1) is 10.7. The van der Waals surface area contributed by atoms with Crippen LogP contribution in [0.3, 0.4) is 0 Å². The predicted octanol–water partition coefficient (Wildman–Crippen LogP) is 3.65. The molecule has 2 aromatic rings. The number of hydrogen-bond donors (Lipinski definition) is 0. The Morgan fingerprint density at radius 1 is 1.22 bits per heavy atom. The summed E-state index contributed by atoms with van der Waals surface area (Å²) in [7, 11) is -4.20. The Hall–Kier alpha value is -1.87. The summed E-state index contributed by atoms with van der Waals surface area (Å²) < 4.78 is 82.3. The fourth-order valence-corrected chi connectivity index (χ4v) is 3.45. The van der Waals surface area contributed by atoms with E-state index < -0.39 is 32.5 Å². The summed E-state index contributed by atoms with van der Waals surface area (Å²) >= 11 is 0. The van der Waals surface area contributed by atoms with E-state index in [-0.39, 0.29) is 13.1 Å². The zero-order valence-electron chi connectivity index (χ0n) is 12.0. The SMILES string of the molecule is CCN(Cc1ccoc1)S(=O)(=O)c1ccc(F)c(C(F)(F)F)c1. The molecule has 1 heterocycles. The van der Waals surface area contributed by atoms with Gasteiger partial charge in [0.15, 0.2) is 0 Å². The third-order valence-corrected chi connectivity index (χ3v) is 5.09. The van der Waals surface area contributed by atoms with Crippen molar-refractivity contribution in [3.63, 3.8) is 0 Å². The smallest absolute Gasteiger partial charge is 0.419 e. The Balaban J connectivity index is 2.42. The van der Waals surface area contributed by atoms with Crippen molar-refractivity contribution < 1.29 is 30.4 Å². The Kier molecular flexibility index (Phi) is 4.81. The maximum absolute atomic E-state index is 13.3. The van der Waals surface area contributed by atoms with Crippen molar-refractivity contribution in [3.8, 4) is 0 Å². The van der Waals surface area contributed by atoms with Gasteiger partial charge in [-0.15, -0.1) is 0 Å². The topological polar surface area (TPSA) is 50.5 Å². The molecular weight excluding hydrogens is 338 g/mol. The molecular formula is C14H13F4NO3S. The Morgan fingerprint density at radius 2 is 1.91 bits per heavy atom. The number of hydrogen-bond acceptors (Lipinski definition) is 3. The lowest BCUT2D eigenvalue weighted by atomic mass is 10.2. The van der Waals surface area contributed by atoms with Crippen molar-refractivity contribution in [1.29, 1.82) is 0 Å². The molecule has 23 heavy (non-hydrogen) atoms. The van der Waals surface area contributed by atoms with Crippen molar-refractivity contribution in [2.45, 2.75) is 24.5 Å². The summed E-state index contributed by atoms with van der Waals surface area (Å²) in [5.74, 6) is -1.52. The van der Waals surface area contributed by atoms with E-state index in [1.807, 2.05) is 0 Å². The van der Waals surface area contributed by atoms with Gasteiger partial charge in [-0.3, -0.25) is 0 Å². The first kappa shape index (κ1) is 17.5. The van der Waals surface area contributed by atoms with E-state index in [4.69, 9.17) is 4.42 Å². The van der Waals surface area contributed by atoms with E-state index in [1.165, 1.54) is 12.5 Å². The average molecular weight is 351 g/mol. The average Bonchev–Trinajstić information content (AvgIpc) is 2.96. The molecule has 4 nitrogen and oxygen atoms in total. The highest BCUT2D eigenvalue weighted by molar-refractivity contribution is 7.89. The second kappa shape index (κ2) is 6.32. The van der Waals surface area contributed by atoms with Gasteiger partial charge in [-0.05, 0) is 24.3 Å². The Morgan fingerprint density at radius 3 is 2.43 bits per heavy atom. The summed E-state index contributed by atoms with van der Waals surface area (Å²) in [5, 5.41) is 0. The number of rotatable bonds is 5. The monoisotopic (exact) mass is 351 g/mol. The van der Waals surface area contributed by atoms with E-state index in [9.17, 15) is 26.0 Å². The zero-order valence-corrected chi connectivity index (χ0v) is 12.8. The van der Waals surface area contributed by atoms with Gasteiger partial charge in [0.05, 0.1) is 23.0 Å². The summed E-state index contributed by atoms with van der Waals surface area (Å²) in [4.78, 5) is -0.614. The first-order valence-corrected chi connectivity index (χ1v) is 7.98. The highest BCUT2D eigenvalue weighted by Crippen LogP contribution is 2.33. The molecule has 9 heteroatoms. The predicted molar refractivity (Wildman–Crippen MR) is 73.4 cm³/mol. The summed E-state index contributed by atoms with van der Waals surface area (Å²) in [6, 6.07) is 3.17. The minimum Gasteiger partial charge on any atom is -0.472 e. The van der Waals surface area contributed by atoms with Gasteiger partial charge >= 0.3 is 6.18 Å². The van der Waals surface area contributed by atoms with Crippen molar-refractivity contribution >= 4 is 10.0 Å². The molecule has 0 unspecified atom stereocenters. The first-order valence-electron chi connectivity index (χ1n) is 6.54. The van der Waals surface area contributed by atoms with Crippen molar-refractivity contribution in [2.24, 2.45) is 0 Å². The van der Waals surface area contributed by atoms with Gasteiger partial charge in [0.25, 0.3) is 0 Å². The van der Waals surface area contributed by atoms with Crippen LogP contribution in [0.5, 0.6) is 0 Å². The molecule has 126 valence electrons. The molecule has 0 bridgehead atoms. The zero-order chi connectivity index (χ0) is 17.3. The lowest BCUT2D eigenvalue weighted by Gasteiger charge is -2.20. The fourth-order valence-electron chi connectivity index (χ4n) is 1.98. The van der Waals surface area contributed by atoms with E-state index in [2.05, 4.69) is 0 Å². The normalized spacial score (nSPS) is 12.8. The number of furan rings is 1. The second-order valence-corrected chi connectivity index (χ2v) is 6.64. The molecule has 2 rings (SSSR count). The molecule has 0 aliphatic rings. The third-order valence-electron chi connectivity index (χ3n) is 3.17. The second-order valence-electron chi connectivity index (χ2n) is 4.70. The van der Waals surface area contributed by atoms with Gasteiger partial charge in [-0.25, -0.2) is 12.8 Å². The van der Waals surface area contributed by atoms with E-state index in [0.29, 0.717) is 17.7 Å². The maximum atomic E-state index is 13.3. The van der Waals surface area contributed by atoms with Crippen LogP contribution in [0.1, 0.15) is 18.1 Å².